The molecule has 0 aromatic rings. The molecule has 1 saturated carbocycles. The van der Waals surface area contributed by atoms with Crippen molar-refractivity contribution >= 4 is 0 Å². The Hall–Kier alpha value is -0.340. The molecule has 2 heteroatoms. The van der Waals surface area contributed by atoms with Gasteiger partial charge < -0.3 is 9.47 Å². The minimum Gasteiger partial charge on any atom is -0.348 e. The van der Waals surface area contributed by atoms with Gasteiger partial charge in [-0.1, -0.05) is 18.6 Å². The third-order valence-electron chi connectivity index (χ3n) is 4.87. The molecule has 3 aliphatic rings. The van der Waals surface area contributed by atoms with Gasteiger partial charge in [-0.15, -0.1) is 0 Å². The number of rotatable bonds is 0. The molecule has 0 aromatic carbocycles. The second-order valence-corrected chi connectivity index (χ2v) is 6.02. The lowest BCUT2D eigenvalue weighted by atomic mass is 9.59. The highest BCUT2D eigenvalue weighted by molar-refractivity contribution is 5.15. The van der Waals surface area contributed by atoms with E-state index in [2.05, 4.69) is 19.9 Å². The number of hydrogen-bond acceptors (Lipinski definition) is 2. The van der Waals surface area contributed by atoms with E-state index >= 15 is 0 Å². The smallest absolute Gasteiger partial charge is 0.169 e. The van der Waals surface area contributed by atoms with Crippen molar-refractivity contribution in [2.75, 3.05) is 13.2 Å². The largest absolute Gasteiger partial charge is 0.348 e. The molecule has 1 spiro atoms. The zero-order chi connectivity index (χ0) is 11.2. The summed E-state index contributed by atoms with van der Waals surface area (Å²) in [4.78, 5) is 0. The van der Waals surface area contributed by atoms with Gasteiger partial charge in [0.1, 0.15) is 0 Å². The number of hydrogen-bond donors (Lipinski definition) is 0. The Morgan fingerprint density at radius 1 is 1.25 bits per heavy atom. The maximum Gasteiger partial charge on any atom is 0.169 e. The first-order chi connectivity index (χ1) is 7.64. The summed E-state index contributed by atoms with van der Waals surface area (Å²) < 4.78 is 11.8. The maximum absolute atomic E-state index is 5.89. The van der Waals surface area contributed by atoms with Crippen LogP contribution in [0, 0.1) is 11.3 Å². The Kier molecular flexibility index (Phi) is 2.41. The Morgan fingerprint density at radius 2 is 2.00 bits per heavy atom. The zero-order valence-corrected chi connectivity index (χ0v) is 10.4. The van der Waals surface area contributed by atoms with Crippen LogP contribution in [0.3, 0.4) is 0 Å². The third-order valence-corrected chi connectivity index (χ3v) is 4.87. The molecule has 16 heavy (non-hydrogen) atoms. The van der Waals surface area contributed by atoms with Gasteiger partial charge >= 0.3 is 0 Å². The fraction of sp³-hybridized carbons (Fsp3) is 0.857. The van der Waals surface area contributed by atoms with E-state index in [9.17, 15) is 0 Å². The van der Waals surface area contributed by atoms with Crippen LogP contribution in [0.4, 0.5) is 0 Å². The molecule has 1 aliphatic heterocycles. The van der Waals surface area contributed by atoms with Gasteiger partial charge in [-0.3, -0.25) is 0 Å². The lowest BCUT2D eigenvalue weighted by Gasteiger charge is -2.50. The van der Waals surface area contributed by atoms with E-state index in [1.165, 1.54) is 19.3 Å². The lowest BCUT2D eigenvalue weighted by Crippen LogP contribution is -2.47. The standard InChI is InChI=1S/C14H22O2/c1-11-4-3-6-13(2)10-14(7-5-12(11)13)15-8-9-16-14/h4,12H,3,5-10H2,1-2H3/t12-,13+/m0/s1. The summed E-state index contributed by atoms with van der Waals surface area (Å²) in [6, 6.07) is 0. The SMILES string of the molecule is CC1=CCC[C@]2(C)CC3(CC[C@@H]12)OCCO3. The van der Waals surface area contributed by atoms with Gasteiger partial charge in [0.25, 0.3) is 0 Å². The van der Waals surface area contributed by atoms with Crippen molar-refractivity contribution in [1.82, 2.24) is 0 Å². The van der Waals surface area contributed by atoms with Gasteiger partial charge in [-0.2, -0.15) is 0 Å². The van der Waals surface area contributed by atoms with E-state index in [0.717, 1.165) is 32.0 Å². The van der Waals surface area contributed by atoms with Crippen LogP contribution in [0.15, 0.2) is 11.6 Å². The molecule has 2 nitrogen and oxygen atoms in total. The summed E-state index contributed by atoms with van der Waals surface area (Å²) in [5.74, 6) is 0.544. The molecule has 0 N–H and O–H groups in total. The van der Waals surface area contributed by atoms with Crippen molar-refractivity contribution in [1.29, 1.82) is 0 Å². The summed E-state index contributed by atoms with van der Waals surface area (Å²) in [7, 11) is 0. The van der Waals surface area contributed by atoms with E-state index in [4.69, 9.17) is 9.47 Å². The quantitative estimate of drug-likeness (QED) is 0.586. The number of allylic oxidation sites excluding steroid dienone is 2. The molecule has 1 heterocycles. The monoisotopic (exact) mass is 222 g/mol. The van der Waals surface area contributed by atoms with E-state index in [1.54, 1.807) is 5.57 Å². The summed E-state index contributed by atoms with van der Waals surface area (Å²) >= 11 is 0. The normalized spacial score (nSPS) is 41.9. The first-order valence-electron chi connectivity index (χ1n) is 6.58. The van der Waals surface area contributed by atoms with Gasteiger partial charge in [-0.25, -0.2) is 0 Å². The maximum atomic E-state index is 5.89. The van der Waals surface area contributed by atoms with Gasteiger partial charge in [0, 0.05) is 12.8 Å². The third kappa shape index (κ3) is 1.54. The first kappa shape index (κ1) is 10.8. The van der Waals surface area contributed by atoms with Crippen molar-refractivity contribution < 1.29 is 9.47 Å². The van der Waals surface area contributed by atoms with Crippen LogP contribution in [0.25, 0.3) is 0 Å². The Labute approximate surface area is 98.0 Å². The minimum absolute atomic E-state index is 0.219. The van der Waals surface area contributed by atoms with Crippen LogP contribution in [0.2, 0.25) is 0 Å². The molecule has 1 saturated heterocycles. The van der Waals surface area contributed by atoms with Crippen LogP contribution in [-0.4, -0.2) is 19.0 Å². The van der Waals surface area contributed by atoms with Crippen LogP contribution in [-0.2, 0) is 9.47 Å². The van der Waals surface area contributed by atoms with Crippen LogP contribution in [0.5, 0.6) is 0 Å². The van der Waals surface area contributed by atoms with E-state index in [-0.39, 0.29) is 5.79 Å². The number of ether oxygens (including phenoxy) is 2. The van der Waals surface area contributed by atoms with Gasteiger partial charge in [0.05, 0.1) is 13.2 Å². The molecule has 0 bridgehead atoms. The average molecular weight is 222 g/mol. The van der Waals surface area contributed by atoms with Crippen LogP contribution < -0.4 is 0 Å². The number of fused-ring (bicyclic) bond motifs is 1. The molecule has 0 aromatic heterocycles. The highest BCUT2D eigenvalue weighted by Gasteiger charge is 2.51. The van der Waals surface area contributed by atoms with E-state index in [1.807, 2.05) is 0 Å². The molecule has 0 radical (unpaired) electrons. The van der Waals surface area contributed by atoms with Crippen molar-refractivity contribution in [3.8, 4) is 0 Å². The van der Waals surface area contributed by atoms with E-state index < -0.39 is 0 Å². The molecular weight excluding hydrogens is 200 g/mol. The zero-order valence-electron chi connectivity index (χ0n) is 10.4. The fourth-order valence-electron chi connectivity index (χ4n) is 4.09. The first-order valence-corrected chi connectivity index (χ1v) is 6.58. The summed E-state index contributed by atoms with van der Waals surface area (Å²) in [5, 5.41) is 0. The van der Waals surface area contributed by atoms with Gasteiger partial charge in [0.15, 0.2) is 5.79 Å². The summed E-state index contributed by atoms with van der Waals surface area (Å²) in [6.07, 6.45) is 8.37. The lowest BCUT2D eigenvalue weighted by molar-refractivity contribution is -0.209. The molecule has 90 valence electrons. The van der Waals surface area contributed by atoms with Gasteiger partial charge in [-0.05, 0) is 37.5 Å². The molecule has 3 rings (SSSR count). The fourth-order valence-corrected chi connectivity index (χ4v) is 4.09. The minimum atomic E-state index is -0.219. The molecule has 0 amide bonds. The highest BCUT2D eigenvalue weighted by atomic mass is 16.7. The average Bonchev–Trinajstić information content (AvgIpc) is 2.65. The van der Waals surface area contributed by atoms with Crippen molar-refractivity contribution in [3.63, 3.8) is 0 Å². The van der Waals surface area contributed by atoms with Gasteiger partial charge in [0.2, 0.25) is 0 Å². The summed E-state index contributed by atoms with van der Waals surface area (Å²) in [6.45, 7) is 6.31. The Morgan fingerprint density at radius 3 is 2.75 bits per heavy atom. The Bertz CT molecular complexity index is 315. The van der Waals surface area contributed by atoms with Crippen molar-refractivity contribution in [3.05, 3.63) is 11.6 Å². The van der Waals surface area contributed by atoms with Crippen LogP contribution >= 0.6 is 0 Å². The predicted molar refractivity (Wildman–Crippen MR) is 63.1 cm³/mol. The van der Waals surface area contributed by atoms with Crippen molar-refractivity contribution in [2.24, 2.45) is 11.3 Å². The Balaban J connectivity index is 1.85. The van der Waals surface area contributed by atoms with Crippen molar-refractivity contribution in [2.45, 2.75) is 51.7 Å². The van der Waals surface area contributed by atoms with Crippen LogP contribution in [0.1, 0.15) is 46.0 Å². The second-order valence-electron chi connectivity index (χ2n) is 6.02. The highest BCUT2D eigenvalue weighted by Crippen LogP contribution is 2.55. The predicted octanol–water partition coefficient (Wildman–Crippen LogP) is 3.28. The molecule has 2 fully saturated rings. The molecule has 0 unspecified atom stereocenters. The second kappa shape index (κ2) is 3.58. The molecule has 2 aliphatic carbocycles. The molecule has 2 atom stereocenters. The topological polar surface area (TPSA) is 18.5 Å². The summed E-state index contributed by atoms with van der Waals surface area (Å²) in [5.41, 5.74) is 2.00. The van der Waals surface area contributed by atoms with E-state index in [0.29, 0.717) is 5.41 Å². The molecular formula is C14H22O2.